The van der Waals surface area contributed by atoms with Crippen LogP contribution in [0, 0.1) is 6.92 Å². The molecule has 0 aliphatic rings. The summed E-state index contributed by atoms with van der Waals surface area (Å²) in [6.07, 6.45) is 0. The molecule has 1 amide bonds. The quantitative estimate of drug-likeness (QED) is 0.429. The molecule has 0 fully saturated rings. The minimum Gasteiger partial charge on any atom is -0.345 e. The van der Waals surface area contributed by atoms with Crippen LogP contribution in [0.15, 0.2) is 77.3 Å². The van der Waals surface area contributed by atoms with Gasteiger partial charge in [-0.3, -0.25) is 4.79 Å². The summed E-state index contributed by atoms with van der Waals surface area (Å²) in [6.45, 7) is 2.11. The topological polar surface area (TPSA) is 66.9 Å². The van der Waals surface area contributed by atoms with Gasteiger partial charge in [0.1, 0.15) is 0 Å². The lowest BCUT2D eigenvalue weighted by atomic mass is 10.0. The van der Waals surface area contributed by atoms with Crippen molar-refractivity contribution in [2.45, 2.75) is 6.92 Å². The maximum Gasteiger partial charge on any atom is 0.243 e. The van der Waals surface area contributed by atoms with Crippen molar-refractivity contribution in [1.82, 2.24) is 9.97 Å². The van der Waals surface area contributed by atoms with Crippen LogP contribution in [0.5, 0.6) is 0 Å². The van der Waals surface area contributed by atoms with Crippen LogP contribution in [-0.4, -0.2) is 22.4 Å². The van der Waals surface area contributed by atoms with E-state index in [1.807, 2.05) is 73.7 Å². The smallest absolute Gasteiger partial charge is 0.243 e. The Morgan fingerprint density at radius 2 is 1.72 bits per heavy atom. The third kappa shape index (κ3) is 4.43. The second kappa shape index (κ2) is 8.41. The normalized spacial score (nSPS) is 10.7. The first-order valence-electron chi connectivity index (χ1n) is 9.22. The van der Waals surface area contributed by atoms with Crippen LogP contribution < -0.4 is 10.6 Å². The van der Waals surface area contributed by atoms with E-state index < -0.39 is 0 Å². The first-order chi connectivity index (χ1) is 14.1. The molecule has 5 nitrogen and oxygen atoms in total. The van der Waals surface area contributed by atoms with Crippen LogP contribution in [0.1, 0.15) is 5.56 Å². The fraction of sp³-hybridized carbons (Fsp3) is 0.0870. The van der Waals surface area contributed by atoms with Crippen LogP contribution in [-0.2, 0) is 4.79 Å². The van der Waals surface area contributed by atoms with Crippen molar-refractivity contribution >= 4 is 44.4 Å². The van der Waals surface area contributed by atoms with Crippen molar-refractivity contribution < 1.29 is 4.79 Å². The first-order valence-corrected chi connectivity index (χ1v) is 10.0. The van der Waals surface area contributed by atoms with E-state index in [1.165, 1.54) is 0 Å². The number of benzene rings is 3. The number of halogens is 1. The number of fused-ring (bicyclic) bond motifs is 1. The Hall–Kier alpha value is -3.25. The van der Waals surface area contributed by atoms with Gasteiger partial charge in [0.2, 0.25) is 11.9 Å². The van der Waals surface area contributed by atoms with E-state index in [1.54, 1.807) is 0 Å². The van der Waals surface area contributed by atoms with Crippen molar-refractivity contribution in [2.75, 3.05) is 17.2 Å². The number of amides is 1. The standard InChI is InChI=1S/C23H19BrN4O/c1-15-11-12-19-17(13-15)22(16-7-3-2-4-8-16)28-23(27-19)25-14-21(29)26-20-10-6-5-9-18(20)24/h2-13H,14H2,1H3,(H,26,29)(H,25,27,28). The predicted molar refractivity (Wildman–Crippen MR) is 121 cm³/mol. The molecule has 0 unspecified atom stereocenters. The van der Waals surface area contributed by atoms with Gasteiger partial charge in [-0.05, 0) is 47.1 Å². The minimum absolute atomic E-state index is 0.0624. The second-order valence-corrected chi connectivity index (χ2v) is 7.52. The third-order valence-electron chi connectivity index (χ3n) is 4.45. The zero-order valence-corrected chi connectivity index (χ0v) is 17.4. The number of aromatic nitrogens is 2. The van der Waals surface area contributed by atoms with Crippen LogP contribution in [0.25, 0.3) is 22.2 Å². The number of rotatable bonds is 5. The number of nitrogens with zero attached hydrogens (tertiary/aromatic N) is 2. The Kier molecular flexibility index (Phi) is 5.53. The zero-order valence-electron chi connectivity index (χ0n) is 15.8. The third-order valence-corrected chi connectivity index (χ3v) is 5.14. The van der Waals surface area contributed by atoms with Gasteiger partial charge in [-0.25, -0.2) is 9.97 Å². The summed E-state index contributed by atoms with van der Waals surface area (Å²) < 4.78 is 0.831. The fourth-order valence-corrected chi connectivity index (χ4v) is 3.44. The van der Waals surface area contributed by atoms with E-state index in [2.05, 4.69) is 37.6 Å². The number of hydrogen-bond acceptors (Lipinski definition) is 4. The number of nitrogens with one attached hydrogen (secondary N) is 2. The van der Waals surface area contributed by atoms with E-state index in [0.717, 1.165) is 37.9 Å². The largest absolute Gasteiger partial charge is 0.345 e. The molecule has 0 bridgehead atoms. The summed E-state index contributed by atoms with van der Waals surface area (Å²) in [6, 6.07) is 23.6. The summed E-state index contributed by atoms with van der Waals surface area (Å²) in [5.41, 5.74) is 4.54. The van der Waals surface area contributed by atoms with Gasteiger partial charge in [0.05, 0.1) is 23.4 Å². The lowest BCUT2D eigenvalue weighted by Gasteiger charge is -2.12. The highest BCUT2D eigenvalue weighted by Crippen LogP contribution is 2.28. The molecule has 0 aliphatic heterocycles. The molecule has 0 saturated heterocycles. The Balaban J connectivity index is 1.60. The molecule has 0 atom stereocenters. The summed E-state index contributed by atoms with van der Waals surface area (Å²) in [4.78, 5) is 21.6. The van der Waals surface area contributed by atoms with Crippen molar-refractivity contribution in [3.8, 4) is 11.3 Å². The number of anilines is 2. The average Bonchev–Trinajstić information content (AvgIpc) is 2.74. The Labute approximate surface area is 177 Å². The van der Waals surface area contributed by atoms with E-state index in [-0.39, 0.29) is 12.5 Å². The molecule has 1 heterocycles. The van der Waals surface area contributed by atoms with Crippen molar-refractivity contribution in [2.24, 2.45) is 0 Å². The molecule has 0 aliphatic carbocycles. The highest BCUT2D eigenvalue weighted by molar-refractivity contribution is 9.10. The number of carbonyl (C=O) groups excluding carboxylic acids is 1. The molecule has 144 valence electrons. The van der Waals surface area contributed by atoms with Crippen LogP contribution >= 0.6 is 15.9 Å². The maximum atomic E-state index is 12.4. The van der Waals surface area contributed by atoms with Crippen LogP contribution in [0.4, 0.5) is 11.6 Å². The SMILES string of the molecule is Cc1ccc2nc(NCC(=O)Nc3ccccc3Br)nc(-c3ccccc3)c2c1. The lowest BCUT2D eigenvalue weighted by Crippen LogP contribution is -2.22. The Morgan fingerprint density at radius 3 is 2.52 bits per heavy atom. The van der Waals surface area contributed by atoms with Crippen LogP contribution in [0.3, 0.4) is 0 Å². The maximum absolute atomic E-state index is 12.4. The van der Waals surface area contributed by atoms with Gasteiger partial charge in [-0.15, -0.1) is 0 Å². The molecule has 4 aromatic rings. The van der Waals surface area contributed by atoms with E-state index >= 15 is 0 Å². The van der Waals surface area contributed by atoms with Gasteiger partial charge in [-0.2, -0.15) is 0 Å². The predicted octanol–water partition coefficient (Wildman–Crippen LogP) is 5.42. The molecule has 0 saturated carbocycles. The van der Waals surface area contributed by atoms with Gasteiger partial charge in [0.25, 0.3) is 0 Å². The molecule has 6 heteroatoms. The summed E-state index contributed by atoms with van der Waals surface area (Å²) >= 11 is 3.43. The summed E-state index contributed by atoms with van der Waals surface area (Å²) in [5.74, 6) is 0.244. The number of para-hydroxylation sites is 1. The Morgan fingerprint density at radius 1 is 0.966 bits per heavy atom. The molecule has 1 aromatic heterocycles. The monoisotopic (exact) mass is 446 g/mol. The van der Waals surface area contributed by atoms with Crippen LogP contribution in [0.2, 0.25) is 0 Å². The Bertz CT molecular complexity index is 1180. The van der Waals surface area contributed by atoms with E-state index in [4.69, 9.17) is 4.98 Å². The van der Waals surface area contributed by atoms with Gasteiger partial charge in [-0.1, -0.05) is 54.1 Å². The van der Waals surface area contributed by atoms with Crippen molar-refractivity contribution in [3.05, 3.63) is 82.8 Å². The lowest BCUT2D eigenvalue weighted by molar-refractivity contribution is -0.114. The molecule has 4 rings (SSSR count). The van der Waals surface area contributed by atoms with Gasteiger partial charge in [0, 0.05) is 15.4 Å². The molecule has 0 spiro atoms. The fourth-order valence-electron chi connectivity index (χ4n) is 3.05. The minimum atomic E-state index is -0.175. The molecular formula is C23H19BrN4O. The van der Waals surface area contributed by atoms with Crippen molar-refractivity contribution in [1.29, 1.82) is 0 Å². The molecule has 3 aromatic carbocycles. The van der Waals surface area contributed by atoms with Crippen molar-refractivity contribution in [3.63, 3.8) is 0 Å². The molecule has 2 N–H and O–H groups in total. The van der Waals surface area contributed by atoms with Gasteiger partial charge >= 0.3 is 0 Å². The summed E-state index contributed by atoms with van der Waals surface area (Å²) in [5, 5.41) is 6.90. The highest BCUT2D eigenvalue weighted by atomic mass is 79.9. The first kappa shape index (κ1) is 19.1. The van der Waals surface area contributed by atoms with Gasteiger partial charge in [0.15, 0.2) is 0 Å². The number of hydrogen-bond donors (Lipinski definition) is 2. The highest BCUT2D eigenvalue weighted by Gasteiger charge is 2.11. The van der Waals surface area contributed by atoms with E-state index in [9.17, 15) is 4.79 Å². The number of aryl methyl sites for hydroxylation is 1. The van der Waals surface area contributed by atoms with Gasteiger partial charge < -0.3 is 10.6 Å². The molecular weight excluding hydrogens is 428 g/mol. The molecule has 29 heavy (non-hydrogen) atoms. The average molecular weight is 447 g/mol. The zero-order chi connectivity index (χ0) is 20.2. The van der Waals surface area contributed by atoms with E-state index in [0.29, 0.717) is 5.95 Å². The molecule has 0 radical (unpaired) electrons. The summed E-state index contributed by atoms with van der Waals surface area (Å²) in [7, 11) is 0. The second-order valence-electron chi connectivity index (χ2n) is 6.66. The number of carbonyl (C=O) groups is 1.